The summed E-state index contributed by atoms with van der Waals surface area (Å²) < 4.78 is 0. The summed E-state index contributed by atoms with van der Waals surface area (Å²) in [5.41, 5.74) is 2.42. The molecule has 190 valence electrons. The highest BCUT2D eigenvalue weighted by Crippen LogP contribution is 2.26. The van der Waals surface area contributed by atoms with Crippen LogP contribution in [0.3, 0.4) is 0 Å². The minimum Gasteiger partial charge on any atom is -0.354 e. The zero-order valence-corrected chi connectivity index (χ0v) is 23.1. The number of amides is 2. The van der Waals surface area contributed by atoms with Gasteiger partial charge in [-0.05, 0) is 46.9 Å². The molecule has 1 N–H and O–H groups in total. The summed E-state index contributed by atoms with van der Waals surface area (Å²) in [5.74, 6) is -0.169. The summed E-state index contributed by atoms with van der Waals surface area (Å²) in [6, 6.07) is 19.2. The first kappa shape index (κ1) is 28.3. The van der Waals surface area contributed by atoms with Crippen LogP contribution in [-0.2, 0) is 29.0 Å². The lowest BCUT2D eigenvalue weighted by molar-refractivity contribution is -0.140. The van der Waals surface area contributed by atoms with Crippen LogP contribution in [0.1, 0.15) is 30.5 Å². The Bertz CT molecular complexity index is 1200. The van der Waals surface area contributed by atoms with Crippen molar-refractivity contribution in [2.45, 2.75) is 39.3 Å². The Morgan fingerprint density at radius 1 is 0.778 bits per heavy atom. The van der Waals surface area contributed by atoms with Crippen molar-refractivity contribution in [2.75, 3.05) is 6.54 Å². The molecule has 0 aliphatic heterocycles. The summed E-state index contributed by atoms with van der Waals surface area (Å²) in [5, 5.41) is 4.59. The Labute approximate surface area is 232 Å². The third kappa shape index (κ3) is 8.14. The zero-order chi connectivity index (χ0) is 26.2. The Balaban J connectivity index is 1.98. The maximum absolute atomic E-state index is 13.8. The number of halogens is 4. The first-order valence-corrected chi connectivity index (χ1v) is 13.1. The fraction of sp³-hybridized carbons (Fsp3) is 0.286. The molecule has 1 unspecified atom stereocenters. The maximum atomic E-state index is 13.8. The summed E-state index contributed by atoms with van der Waals surface area (Å²) in [6.45, 7) is 4.74. The third-order valence-corrected chi connectivity index (χ3v) is 7.11. The largest absolute Gasteiger partial charge is 0.354 e. The Kier molecular flexibility index (Phi) is 10.5. The van der Waals surface area contributed by atoms with Crippen molar-refractivity contribution in [3.05, 3.63) is 104 Å². The van der Waals surface area contributed by atoms with Crippen molar-refractivity contribution in [1.29, 1.82) is 0 Å². The van der Waals surface area contributed by atoms with Crippen LogP contribution in [0.25, 0.3) is 0 Å². The van der Waals surface area contributed by atoms with Gasteiger partial charge in [0.15, 0.2) is 0 Å². The molecule has 0 spiro atoms. The highest BCUT2D eigenvalue weighted by atomic mass is 35.5. The van der Waals surface area contributed by atoms with Crippen molar-refractivity contribution in [3.8, 4) is 0 Å². The molecule has 0 heterocycles. The van der Waals surface area contributed by atoms with Gasteiger partial charge < -0.3 is 10.2 Å². The summed E-state index contributed by atoms with van der Waals surface area (Å²) >= 11 is 24.6. The molecule has 2 amide bonds. The average molecular weight is 566 g/mol. The lowest BCUT2D eigenvalue weighted by Crippen LogP contribution is -2.51. The van der Waals surface area contributed by atoms with E-state index in [2.05, 4.69) is 5.32 Å². The molecule has 3 rings (SSSR count). The molecule has 36 heavy (non-hydrogen) atoms. The fourth-order valence-electron chi connectivity index (χ4n) is 3.74. The van der Waals surface area contributed by atoms with E-state index in [-0.39, 0.29) is 30.7 Å². The van der Waals surface area contributed by atoms with Gasteiger partial charge in [0.2, 0.25) is 11.8 Å². The number of hydrogen-bond acceptors (Lipinski definition) is 2. The Morgan fingerprint density at radius 3 is 1.94 bits per heavy atom. The Hall–Kier alpha value is -2.24. The normalized spacial score (nSPS) is 11.9. The van der Waals surface area contributed by atoms with Crippen molar-refractivity contribution in [1.82, 2.24) is 10.2 Å². The van der Waals surface area contributed by atoms with Crippen molar-refractivity contribution in [2.24, 2.45) is 5.92 Å². The van der Waals surface area contributed by atoms with Gasteiger partial charge in [-0.2, -0.15) is 0 Å². The molecule has 0 aliphatic rings. The first-order valence-electron chi connectivity index (χ1n) is 11.6. The van der Waals surface area contributed by atoms with Crippen LogP contribution >= 0.6 is 46.4 Å². The summed E-state index contributed by atoms with van der Waals surface area (Å²) in [6.07, 6.45) is 0.417. The number of nitrogens with zero attached hydrogens (tertiary/aromatic N) is 1. The van der Waals surface area contributed by atoms with Crippen LogP contribution in [0.4, 0.5) is 0 Å². The van der Waals surface area contributed by atoms with E-state index in [0.29, 0.717) is 38.6 Å². The molecule has 3 aromatic carbocycles. The molecular weight excluding hydrogens is 538 g/mol. The molecule has 0 fully saturated rings. The lowest BCUT2D eigenvalue weighted by atomic mass is 10.0. The minimum atomic E-state index is -0.740. The Morgan fingerprint density at radius 2 is 1.36 bits per heavy atom. The number of benzene rings is 3. The van der Waals surface area contributed by atoms with Gasteiger partial charge in [-0.25, -0.2) is 0 Å². The quantitative estimate of drug-likeness (QED) is 0.281. The van der Waals surface area contributed by atoms with Crippen LogP contribution < -0.4 is 5.32 Å². The van der Waals surface area contributed by atoms with Crippen molar-refractivity contribution < 1.29 is 9.59 Å². The fourth-order valence-corrected chi connectivity index (χ4v) is 4.38. The van der Waals surface area contributed by atoms with Gasteiger partial charge in [0.1, 0.15) is 6.04 Å². The number of rotatable bonds is 10. The van der Waals surface area contributed by atoms with E-state index in [9.17, 15) is 9.59 Å². The number of carbonyl (C=O) groups is 2. The SMILES string of the molecule is CC(C)CNC(=O)C(Cc1ccccc1)N(Cc1ccc(Cl)c(Cl)c1)C(=O)Cc1ccc(Cl)c(Cl)c1. The van der Waals surface area contributed by atoms with Crippen LogP contribution in [-0.4, -0.2) is 29.3 Å². The predicted molar refractivity (Wildman–Crippen MR) is 149 cm³/mol. The van der Waals surface area contributed by atoms with Crippen LogP contribution in [0.5, 0.6) is 0 Å². The molecule has 0 aromatic heterocycles. The summed E-state index contributed by atoms with van der Waals surface area (Å²) in [7, 11) is 0. The zero-order valence-electron chi connectivity index (χ0n) is 20.1. The van der Waals surface area contributed by atoms with E-state index >= 15 is 0 Å². The van der Waals surface area contributed by atoms with E-state index in [1.807, 2.05) is 44.2 Å². The predicted octanol–water partition coefficient (Wildman–Crippen LogP) is 7.26. The van der Waals surface area contributed by atoms with E-state index in [1.54, 1.807) is 41.3 Å². The van der Waals surface area contributed by atoms with Gasteiger partial charge in [0.25, 0.3) is 0 Å². The van der Waals surface area contributed by atoms with Crippen molar-refractivity contribution >= 4 is 58.2 Å². The minimum absolute atomic E-state index is 0.0565. The highest BCUT2D eigenvalue weighted by molar-refractivity contribution is 6.42. The molecule has 8 heteroatoms. The molecule has 0 aliphatic carbocycles. The third-order valence-electron chi connectivity index (χ3n) is 5.63. The molecule has 1 atom stereocenters. The smallest absolute Gasteiger partial charge is 0.243 e. The first-order chi connectivity index (χ1) is 17.1. The molecule has 0 saturated carbocycles. The molecule has 0 bridgehead atoms. The maximum Gasteiger partial charge on any atom is 0.243 e. The van der Waals surface area contributed by atoms with Gasteiger partial charge in [-0.1, -0.05) is 103 Å². The molecule has 4 nitrogen and oxygen atoms in total. The lowest BCUT2D eigenvalue weighted by Gasteiger charge is -2.32. The van der Waals surface area contributed by atoms with Crippen molar-refractivity contribution in [3.63, 3.8) is 0 Å². The van der Waals surface area contributed by atoms with Crippen LogP contribution in [0.15, 0.2) is 66.7 Å². The standard InChI is InChI=1S/C28H28Cl4N2O2/c1-18(2)16-33-28(36)26(14-19-6-4-3-5-7-19)34(17-21-9-11-23(30)25(32)13-21)27(35)15-20-8-10-22(29)24(31)12-20/h3-13,18,26H,14-17H2,1-2H3,(H,33,36). The second-order valence-corrected chi connectivity index (χ2v) is 10.7. The molecule has 0 radical (unpaired) electrons. The van der Waals surface area contributed by atoms with Gasteiger partial charge in [-0.15, -0.1) is 0 Å². The van der Waals surface area contributed by atoms with Gasteiger partial charge in [0, 0.05) is 19.5 Å². The number of hydrogen-bond donors (Lipinski definition) is 1. The molecule has 0 saturated heterocycles. The van der Waals surface area contributed by atoms with E-state index in [1.165, 1.54) is 0 Å². The second kappa shape index (κ2) is 13.3. The summed E-state index contributed by atoms with van der Waals surface area (Å²) in [4.78, 5) is 28.8. The van der Waals surface area contributed by atoms with Crippen LogP contribution in [0, 0.1) is 5.92 Å². The van der Waals surface area contributed by atoms with E-state index < -0.39 is 6.04 Å². The highest BCUT2D eigenvalue weighted by Gasteiger charge is 2.30. The number of carbonyl (C=O) groups excluding carboxylic acids is 2. The average Bonchev–Trinajstić information content (AvgIpc) is 2.84. The van der Waals surface area contributed by atoms with Gasteiger partial charge in [0.05, 0.1) is 26.5 Å². The molecule has 3 aromatic rings. The second-order valence-electron chi connectivity index (χ2n) is 9.04. The molecular formula is C28H28Cl4N2O2. The van der Waals surface area contributed by atoms with Gasteiger partial charge >= 0.3 is 0 Å². The van der Waals surface area contributed by atoms with Gasteiger partial charge in [-0.3, -0.25) is 9.59 Å². The topological polar surface area (TPSA) is 49.4 Å². The van der Waals surface area contributed by atoms with E-state index in [4.69, 9.17) is 46.4 Å². The van der Waals surface area contributed by atoms with Crippen LogP contribution in [0.2, 0.25) is 20.1 Å². The monoisotopic (exact) mass is 564 g/mol. The number of nitrogens with one attached hydrogen (secondary N) is 1. The van der Waals surface area contributed by atoms with E-state index in [0.717, 1.165) is 11.1 Å².